The summed E-state index contributed by atoms with van der Waals surface area (Å²) in [6.45, 7) is 0.415. The predicted octanol–water partition coefficient (Wildman–Crippen LogP) is 3.01. The Morgan fingerprint density at radius 3 is 2.70 bits per heavy atom. The lowest BCUT2D eigenvalue weighted by Gasteiger charge is -2.25. The van der Waals surface area contributed by atoms with Crippen molar-refractivity contribution in [2.45, 2.75) is 18.9 Å². The van der Waals surface area contributed by atoms with E-state index >= 15 is 0 Å². The number of carbonyl (C=O) groups is 2. The van der Waals surface area contributed by atoms with E-state index in [1.807, 2.05) is 42.5 Å². The number of aliphatic hydroxyl groups excluding tert-OH is 1. The van der Waals surface area contributed by atoms with E-state index in [-0.39, 0.29) is 42.2 Å². The highest BCUT2D eigenvalue weighted by atomic mass is 32.1. The van der Waals surface area contributed by atoms with Crippen LogP contribution in [-0.4, -0.2) is 55.8 Å². The van der Waals surface area contributed by atoms with Gasteiger partial charge in [0.2, 0.25) is 5.91 Å². The number of fused-ring (bicyclic) bond motifs is 2. The standard InChI is InChI=1S/C24H23N5O3S/c30-13-18-17-9-5-4-6-15(17)12-28(18)23(32)19-20-21(29(27-19)16-7-2-1-3-8-16)25-24(33-20)26-22(31)14-10-11-14/h1-9,14-15,17-18,30H,10-13H2,(H,25,26,31)/t15?,17?,18-/m0/s1. The summed E-state index contributed by atoms with van der Waals surface area (Å²) < 4.78 is 2.29. The van der Waals surface area contributed by atoms with Gasteiger partial charge in [0.25, 0.3) is 5.91 Å². The number of amides is 2. The molecule has 1 aromatic carbocycles. The van der Waals surface area contributed by atoms with Gasteiger partial charge in [0.1, 0.15) is 4.70 Å². The number of anilines is 1. The van der Waals surface area contributed by atoms with Crippen LogP contribution in [0.5, 0.6) is 0 Å². The smallest absolute Gasteiger partial charge is 0.276 e. The number of thiazole rings is 1. The second-order valence-corrected chi connectivity index (χ2v) is 9.75. The molecule has 2 amide bonds. The summed E-state index contributed by atoms with van der Waals surface area (Å²) >= 11 is 1.27. The molecule has 9 heteroatoms. The largest absolute Gasteiger partial charge is 0.394 e. The second kappa shape index (κ2) is 7.93. The van der Waals surface area contributed by atoms with Crippen molar-refractivity contribution in [3.05, 3.63) is 60.3 Å². The minimum absolute atomic E-state index is 0.0268. The van der Waals surface area contributed by atoms with Gasteiger partial charge in [-0.2, -0.15) is 10.1 Å². The fourth-order valence-electron chi connectivity index (χ4n) is 4.72. The lowest BCUT2D eigenvalue weighted by molar-refractivity contribution is -0.117. The van der Waals surface area contributed by atoms with Crippen molar-refractivity contribution < 1.29 is 14.7 Å². The van der Waals surface area contributed by atoms with Crippen LogP contribution < -0.4 is 5.32 Å². The van der Waals surface area contributed by atoms with E-state index in [2.05, 4.69) is 27.6 Å². The first kappa shape index (κ1) is 20.3. The highest BCUT2D eigenvalue weighted by molar-refractivity contribution is 7.22. The summed E-state index contributed by atoms with van der Waals surface area (Å²) in [5.74, 6) is 0.0703. The number of hydrogen-bond donors (Lipinski definition) is 2. The SMILES string of the molecule is O=C(Nc1nc2c(s1)c(C(=O)N1CC3C=CC=CC3[C@@H]1CO)nn2-c1ccccc1)C1CC1. The zero-order valence-corrected chi connectivity index (χ0v) is 18.6. The summed E-state index contributed by atoms with van der Waals surface area (Å²) in [6.07, 6.45) is 9.93. The summed E-state index contributed by atoms with van der Waals surface area (Å²) in [6, 6.07) is 9.22. The van der Waals surface area contributed by atoms with Crippen molar-refractivity contribution >= 4 is 38.6 Å². The molecule has 3 aromatic rings. The van der Waals surface area contributed by atoms with E-state index in [1.54, 1.807) is 9.58 Å². The molecular formula is C24H23N5O3S. The molecule has 3 aliphatic rings. The van der Waals surface area contributed by atoms with Gasteiger partial charge in [-0.25, -0.2) is 4.68 Å². The number of allylic oxidation sites excluding steroid dienone is 2. The number of para-hydroxylation sites is 1. The molecule has 0 spiro atoms. The fraction of sp³-hybridized carbons (Fsp3) is 0.333. The van der Waals surface area contributed by atoms with Crippen molar-refractivity contribution in [1.82, 2.24) is 19.7 Å². The third-order valence-corrected chi connectivity index (χ3v) is 7.57. The molecule has 2 fully saturated rings. The Hall–Kier alpha value is -3.30. The molecule has 3 heterocycles. The van der Waals surface area contributed by atoms with Crippen LogP contribution in [0.15, 0.2) is 54.6 Å². The molecule has 1 saturated carbocycles. The molecule has 0 bridgehead atoms. The van der Waals surface area contributed by atoms with E-state index in [0.717, 1.165) is 18.5 Å². The highest BCUT2D eigenvalue weighted by Crippen LogP contribution is 2.38. The monoisotopic (exact) mass is 461 g/mol. The summed E-state index contributed by atoms with van der Waals surface area (Å²) in [4.78, 5) is 32.4. The van der Waals surface area contributed by atoms with E-state index in [4.69, 9.17) is 0 Å². The Morgan fingerprint density at radius 2 is 1.94 bits per heavy atom. The highest BCUT2D eigenvalue weighted by Gasteiger charge is 2.43. The average molecular weight is 462 g/mol. The van der Waals surface area contributed by atoms with Gasteiger partial charge in [0, 0.05) is 24.3 Å². The van der Waals surface area contributed by atoms with Crippen molar-refractivity contribution in [2.24, 2.45) is 17.8 Å². The topological polar surface area (TPSA) is 100 Å². The van der Waals surface area contributed by atoms with Gasteiger partial charge >= 0.3 is 0 Å². The first-order chi connectivity index (χ1) is 16.1. The lowest BCUT2D eigenvalue weighted by Crippen LogP contribution is -2.40. The zero-order valence-electron chi connectivity index (χ0n) is 17.8. The maximum atomic E-state index is 13.8. The Morgan fingerprint density at radius 1 is 1.15 bits per heavy atom. The number of aromatic nitrogens is 3. The molecule has 1 aliphatic heterocycles. The van der Waals surface area contributed by atoms with Crippen LogP contribution in [0.1, 0.15) is 23.3 Å². The number of hydrogen-bond acceptors (Lipinski definition) is 6. The Bertz CT molecular complexity index is 1290. The van der Waals surface area contributed by atoms with Gasteiger partial charge in [0.15, 0.2) is 16.5 Å². The Kier molecular flexibility index (Phi) is 4.88. The maximum Gasteiger partial charge on any atom is 0.276 e. The molecule has 33 heavy (non-hydrogen) atoms. The molecule has 0 radical (unpaired) electrons. The van der Waals surface area contributed by atoms with Gasteiger partial charge in [-0.05, 0) is 25.0 Å². The average Bonchev–Trinajstić information content (AvgIpc) is 3.39. The number of carbonyl (C=O) groups excluding carboxylic acids is 2. The van der Waals surface area contributed by atoms with Crippen molar-refractivity contribution in [3.8, 4) is 5.69 Å². The number of benzene rings is 1. The van der Waals surface area contributed by atoms with E-state index < -0.39 is 0 Å². The van der Waals surface area contributed by atoms with Gasteiger partial charge in [-0.3, -0.25) is 9.59 Å². The molecule has 2 aromatic heterocycles. The van der Waals surface area contributed by atoms with Crippen LogP contribution in [0.4, 0.5) is 5.13 Å². The van der Waals surface area contributed by atoms with Crippen LogP contribution in [0.2, 0.25) is 0 Å². The van der Waals surface area contributed by atoms with Crippen LogP contribution in [0, 0.1) is 17.8 Å². The Labute approximate surface area is 194 Å². The van der Waals surface area contributed by atoms with Crippen LogP contribution in [0.25, 0.3) is 16.0 Å². The lowest BCUT2D eigenvalue weighted by atomic mass is 9.87. The maximum absolute atomic E-state index is 13.8. The molecule has 8 nitrogen and oxygen atoms in total. The van der Waals surface area contributed by atoms with Gasteiger partial charge in [-0.1, -0.05) is 53.8 Å². The zero-order chi connectivity index (χ0) is 22.5. The molecule has 2 N–H and O–H groups in total. The fourth-order valence-corrected chi connectivity index (χ4v) is 5.65. The Balaban J connectivity index is 1.41. The minimum atomic E-state index is -0.303. The van der Waals surface area contributed by atoms with Crippen LogP contribution in [-0.2, 0) is 4.79 Å². The molecular weight excluding hydrogens is 438 g/mol. The molecule has 6 rings (SSSR count). The third-order valence-electron chi connectivity index (χ3n) is 6.60. The van der Waals surface area contributed by atoms with E-state index in [0.29, 0.717) is 27.7 Å². The summed E-state index contributed by atoms with van der Waals surface area (Å²) in [5, 5.41) is 18.1. The molecule has 2 aliphatic carbocycles. The number of nitrogens with one attached hydrogen (secondary N) is 1. The number of aliphatic hydroxyl groups is 1. The van der Waals surface area contributed by atoms with Crippen molar-refractivity contribution in [3.63, 3.8) is 0 Å². The van der Waals surface area contributed by atoms with Crippen molar-refractivity contribution in [1.29, 1.82) is 0 Å². The second-order valence-electron chi connectivity index (χ2n) is 8.75. The van der Waals surface area contributed by atoms with Crippen molar-refractivity contribution in [2.75, 3.05) is 18.5 Å². The number of nitrogens with zero attached hydrogens (tertiary/aromatic N) is 4. The van der Waals surface area contributed by atoms with Gasteiger partial charge < -0.3 is 15.3 Å². The molecule has 168 valence electrons. The third kappa shape index (κ3) is 3.48. The van der Waals surface area contributed by atoms with E-state index in [9.17, 15) is 14.7 Å². The van der Waals surface area contributed by atoms with Crippen LogP contribution >= 0.6 is 11.3 Å². The first-order valence-corrected chi connectivity index (χ1v) is 12.0. The molecule has 3 atom stereocenters. The van der Waals surface area contributed by atoms with Crippen LogP contribution in [0.3, 0.4) is 0 Å². The quantitative estimate of drug-likeness (QED) is 0.608. The predicted molar refractivity (Wildman–Crippen MR) is 125 cm³/mol. The number of rotatable bonds is 5. The molecule has 1 saturated heterocycles. The van der Waals surface area contributed by atoms with Gasteiger partial charge in [-0.15, -0.1) is 0 Å². The van der Waals surface area contributed by atoms with Gasteiger partial charge in [0.05, 0.1) is 18.3 Å². The minimum Gasteiger partial charge on any atom is -0.394 e. The van der Waals surface area contributed by atoms with E-state index in [1.165, 1.54) is 11.3 Å². The normalized spacial score (nSPS) is 23.8. The summed E-state index contributed by atoms with van der Waals surface area (Å²) in [7, 11) is 0. The number of likely N-dealkylation sites (tertiary alicyclic amines) is 1. The summed E-state index contributed by atoms with van der Waals surface area (Å²) in [5.41, 5.74) is 1.62. The first-order valence-electron chi connectivity index (χ1n) is 11.2. The molecule has 2 unspecified atom stereocenters.